The summed E-state index contributed by atoms with van der Waals surface area (Å²) < 4.78 is 32.6. The molecule has 0 spiro atoms. The van der Waals surface area contributed by atoms with E-state index in [2.05, 4.69) is 20.9 Å². The second kappa shape index (κ2) is 7.99. The second-order valence-electron chi connectivity index (χ2n) is 5.75. The molecule has 0 unspecified atom stereocenters. The number of nitrogens with zero attached hydrogens (tertiary/aromatic N) is 1. The lowest BCUT2D eigenvalue weighted by Gasteiger charge is -2.19. The number of nitrogens with one attached hydrogen (secondary N) is 1. The first-order chi connectivity index (χ1) is 13.3. The van der Waals surface area contributed by atoms with Gasteiger partial charge in [0.2, 0.25) is 5.56 Å². The second-order valence-corrected chi connectivity index (χ2v) is 8.64. The Morgan fingerprint density at radius 2 is 1.64 bits per heavy atom. The molecular weight excluding hydrogens is 448 g/mol. The molecule has 0 aliphatic carbocycles. The Hall–Kier alpha value is -2.91. The summed E-state index contributed by atoms with van der Waals surface area (Å²) in [6, 6.07) is 15.0. The number of H-pyrrole nitrogens is 1. The van der Waals surface area contributed by atoms with E-state index >= 15 is 0 Å². The zero-order chi connectivity index (χ0) is 20.3. The highest BCUT2D eigenvalue weighted by molar-refractivity contribution is 9.10. The summed E-state index contributed by atoms with van der Waals surface area (Å²) >= 11 is 3.27. The third-order valence-electron chi connectivity index (χ3n) is 3.90. The minimum atomic E-state index is -3.72. The van der Waals surface area contributed by atoms with Crippen molar-refractivity contribution in [3.63, 3.8) is 0 Å². The highest BCUT2D eigenvalue weighted by Gasteiger charge is 2.21. The van der Waals surface area contributed by atoms with Crippen LogP contribution in [0.1, 0.15) is 10.4 Å². The van der Waals surface area contributed by atoms with Crippen molar-refractivity contribution in [1.29, 1.82) is 0 Å². The number of esters is 1. The lowest BCUT2D eigenvalue weighted by molar-refractivity contribution is 0.0734. The van der Waals surface area contributed by atoms with Crippen molar-refractivity contribution >= 4 is 37.6 Å². The van der Waals surface area contributed by atoms with Crippen molar-refractivity contribution in [2.45, 2.75) is 4.90 Å². The van der Waals surface area contributed by atoms with Gasteiger partial charge in [-0.15, -0.1) is 0 Å². The Morgan fingerprint density at radius 3 is 2.21 bits per heavy atom. The van der Waals surface area contributed by atoms with Gasteiger partial charge in [0, 0.05) is 23.8 Å². The van der Waals surface area contributed by atoms with E-state index in [1.807, 2.05) is 0 Å². The van der Waals surface area contributed by atoms with E-state index in [1.54, 1.807) is 12.1 Å². The van der Waals surface area contributed by atoms with Crippen LogP contribution in [0.3, 0.4) is 0 Å². The number of anilines is 1. The van der Waals surface area contributed by atoms with Crippen molar-refractivity contribution in [3.05, 3.63) is 87.3 Å². The van der Waals surface area contributed by atoms with Crippen molar-refractivity contribution in [1.82, 2.24) is 4.98 Å². The van der Waals surface area contributed by atoms with E-state index in [9.17, 15) is 18.0 Å². The first kappa shape index (κ1) is 19.8. The summed E-state index contributed by atoms with van der Waals surface area (Å²) in [5, 5.41) is 0. The standard InChI is InChI=1S/C19H15BrN2O5S/c1-22(28(25,26)17-9-3-14(20)4-10-17)15-5-7-16(8-6-15)27-19(24)13-2-11-18(23)21-12-13/h2-12H,1H3,(H,21,23). The van der Waals surface area contributed by atoms with E-state index < -0.39 is 16.0 Å². The van der Waals surface area contributed by atoms with Crippen molar-refractivity contribution in [3.8, 4) is 5.75 Å². The largest absolute Gasteiger partial charge is 0.423 e. The Labute approximate surface area is 169 Å². The molecule has 0 bridgehead atoms. The molecular formula is C19H15BrN2O5S. The highest BCUT2D eigenvalue weighted by atomic mass is 79.9. The molecule has 7 nitrogen and oxygen atoms in total. The molecule has 0 fully saturated rings. The van der Waals surface area contributed by atoms with Crippen LogP contribution < -0.4 is 14.6 Å². The van der Waals surface area contributed by atoms with Crippen LogP contribution in [0.15, 0.2) is 81.0 Å². The molecule has 0 saturated heterocycles. The van der Waals surface area contributed by atoms with Gasteiger partial charge in [0.15, 0.2) is 0 Å². The normalized spacial score (nSPS) is 11.1. The summed E-state index contributed by atoms with van der Waals surface area (Å²) in [6.07, 6.45) is 1.26. The summed E-state index contributed by atoms with van der Waals surface area (Å²) in [5.41, 5.74) is 0.279. The number of ether oxygens (including phenoxy) is 1. The molecule has 0 amide bonds. The van der Waals surface area contributed by atoms with Gasteiger partial charge in [-0.05, 0) is 54.6 Å². The zero-order valence-electron chi connectivity index (χ0n) is 14.6. The number of aromatic nitrogens is 1. The van der Waals surface area contributed by atoms with Crippen LogP contribution in [0.25, 0.3) is 0 Å². The lowest BCUT2D eigenvalue weighted by atomic mass is 10.3. The molecule has 1 N–H and O–H groups in total. The maximum atomic E-state index is 12.7. The van der Waals surface area contributed by atoms with Gasteiger partial charge in [-0.3, -0.25) is 9.10 Å². The fourth-order valence-corrected chi connectivity index (χ4v) is 3.79. The number of aromatic amines is 1. The Morgan fingerprint density at radius 1 is 1.00 bits per heavy atom. The molecule has 28 heavy (non-hydrogen) atoms. The van der Waals surface area contributed by atoms with Gasteiger partial charge in [-0.25, -0.2) is 13.2 Å². The molecule has 1 aromatic heterocycles. The van der Waals surface area contributed by atoms with Gasteiger partial charge in [-0.1, -0.05) is 15.9 Å². The number of carbonyl (C=O) groups excluding carboxylic acids is 1. The van der Waals surface area contributed by atoms with Crippen LogP contribution in [0.5, 0.6) is 5.75 Å². The van der Waals surface area contributed by atoms with Crippen LogP contribution in [0.2, 0.25) is 0 Å². The van der Waals surface area contributed by atoms with Crippen LogP contribution in [0, 0.1) is 0 Å². The molecule has 0 saturated carbocycles. The first-order valence-electron chi connectivity index (χ1n) is 8.03. The summed E-state index contributed by atoms with van der Waals surface area (Å²) in [6.45, 7) is 0. The van der Waals surface area contributed by atoms with E-state index in [0.717, 1.165) is 8.78 Å². The number of sulfonamides is 1. The van der Waals surface area contributed by atoms with Gasteiger partial charge >= 0.3 is 5.97 Å². The minimum Gasteiger partial charge on any atom is -0.423 e. The van der Waals surface area contributed by atoms with Crippen LogP contribution in [0.4, 0.5) is 5.69 Å². The van der Waals surface area contributed by atoms with Crippen molar-refractivity contribution < 1.29 is 17.9 Å². The van der Waals surface area contributed by atoms with Crippen molar-refractivity contribution in [2.75, 3.05) is 11.4 Å². The van der Waals surface area contributed by atoms with Gasteiger partial charge < -0.3 is 9.72 Å². The number of halogens is 1. The smallest absolute Gasteiger partial charge is 0.345 e. The van der Waals surface area contributed by atoms with Crippen LogP contribution >= 0.6 is 15.9 Å². The monoisotopic (exact) mass is 462 g/mol. The quantitative estimate of drug-likeness (QED) is 0.463. The number of rotatable bonds is 5. The number of hydrogen-bond donors (Lipinski definition) is 1. The summed E-state index contributed by atoms with van der Waals surface area (Å²) in [5.74, 6) is -0.394. The molecule has 0 aliphatic heterocycles. The molecule has 3 aromatic rings. The molecule has 0 atom stereocenters. The number of benzene rings is 2. The molecule has 2 aromatic carbocycles. The average Bonchev–Trinajstić information content (AvgIpc) is 2.69. The molecule has 0 radical (unpaired) electrons. The minimum absolute atomic E-state index is 0.159. The zero-order valence-corrected chi connectivity index (χ0v) is 17.0. The average molecular weight is 463 g/mol. The topological polar surface area (TPSA) is 96.5 Å². The predicted molar refractivity (Wildman–Crippen MR) is 108 cm³/mol. The summed E-state index contributed by atoms with van der Waals surface area (Å²) in [4.78, 5) is 25.7. The van der Waals surface area contributed by atoms with Crippen molar-refractivity contribution in [2.24, 2.45) is 0 Å². The maximum Gasteiger partial charge on any atom is 0.345 e. The summed E-state index contributed by atoms with van der Waals surface area (Å²) in [7, 11) is -2.28. The third-order valence-corrected chi connectivity index (χ3v) is 6.23. The van der Waals surface area contributed by atoms with Gasteiger partial charge in [0.25, 0.3) is 10.0 Å². The van der Waals surface area contributed by atoms with E-state index in [0.29, 0.717) is 5.69 Å². The molecule has 0 aliphatic rings. The highest BCUT2D eigenvalue weighted by Crippen LogP contribution is 2.25. The van der Waals surface area contributed by atoms with Gasteiger partial charge in [0.05, 0.1) is 16.1 Å². The van der Waals surface area contributed by atoms with E-state index in [4.69, 9.17) is 4.74 Å². The van der Waals surface area contributed by atoms with Gasteiger partial charge in [0.1, 0.15) is 5.75 Å². The fourth-order valence-electron chi connectivity index (χ4n) is 2.33. The predicted octanol–water partition coefficient (Wildman–Crippen LogP) is 3.18. The number of pyridine rings is 1. The first-order valence-corrected chi connectivity index (χ1v) is 10.3. The lowest BCUT2D eigenvalue weighted by Crippen LogP contribution is -2.26. The molecule has 144 valence electrons. The molecule has 3 rings (SSSR count). The fraction of sp³-hybridized carbons (Fsp3) is 0.0526. The number of hydrogen-bond acceptors (Lipinski definition) is 5. The van der Waals surface area contributed by atoms with Crippen LogP contribution in [-0.4, -0.2) is 26.4 Å². The Kier molecular flexibility index (Phi) is 5.66. The Balaban J connectivity index is 1.76. The Bertz CT molecular complexity index is 1140. The molecule has 9 heteroatoms. The third kappa shape index (κ3) is 4.32. The SMILES string of the molecule is CN(c1ccc(OC(=O)c2ccc(=O)[nH]c2)cc1)S(=O)(=O)c1ccc(Br)cc1. The number of carbonyl (C=O) groups is 1. The van der Waals surface area contributed by atoms with Crippen LogP contribution in [-0.2, 0) is 10.0 Å². The van der Waals surface area contributed by atoms with Gasteiger partial charge in [-0.2, -0.15) is 0 Å². The van der Waals surface area contributed by atoms with E-state index in [1.165, 1.54) is 61.8 Å². The molecule has 1 heterocycles. The van der Waals surface area contributed by atoms with E-state index in [-0.39, 0.29) is 21.8 Å². The maximum absolute atomic E-state index is 12.7.